The number of carbonyl (C=O) groups excluding carboxylic acids is 1. The molecule has 0 aliphatic heterocycles. The molecule has 0 aliphatic rings. The summed E-state index contributed by atoms with van der Waals surface area (Å²) in [6, 6.07) is 9.87. The van der Waals surface area contributed by atoms with Crippen LogP contribution in [0.5, 0.6) is 11.5 Å². The van der Waals surface area contributed by atoms with E-state index >= 15 is 0 Å². The predicted octanol–water partition coefficient (Wildman–Crippen LogP) is 5.29. The molecule has 1 N–H and O–H groups in total. The average molecular weight is 466 g/mol. The Morgan fingerprint density at radius 1 is 1.23 bits per heavy atom. The fourth-order valence-corrected chi connectivity index (χ4v) is 4.50. The molecule has 0 aliphatic carbocycles. The Labute approximate surface area is 186 Å². The van der Waals surface area contributed by atoms with Gasteiger partial charge in [-0.1, -0.05) is 46.8 Å². The van der Waals surface area contributed by atoms with Crippen LogP contribution in [0.1, 0.15) is 11.1 Å². The molecule has 0 fully saturated rings. The molecule has 3 rings (SSSR count). The van der Waals surface area contributed by atoms with E-state index in [0.29, 0.717) is 37.3 Å². The summed E-state index contributed by atoms with van der Waals surface area (Å²) < 4.78 is 24.9. The fraction of sp³-hybridized carbons (Fsp3) is 0.150. The maximum atomic E-state index is 13.8. The van der Waals surface area contributed by atoms with Gasteiger partial charge in [0.05, 0.1) is 14.2 Å². The van der Waals surface area contributed by atoms with Crippen LogP contribution in [0.4, 0.5) is 9.52 Å². The third kappa shape index (κ3) is 5.71. The molecule has 0 unspecified atom stereocenters. The van der Waals surface area contributed by atoms with Crippen LogP contribution in [0.2, 0.25) is 5.02 Å². The molecule has 0 radical (unpaired) electrons. The minimum Gasteiger partial charge on any atom is -0.493 e. The van der Waals surface area contributed by atoms with Crippen LogP contribution < -0.4 is 14.8 Å². The zero-order valence-corrected chi connectivity index (χ0v) is 18.4. The Morgan fingerprint density at radius 2 is 2.03 bits per heavy atom. The number of rotatable bonds is 8. The first-order chi connectivity index (χ1) is 14.5. The highest BCUT2D eigenvalue weighted by Crippen LogP contribution is 2.32. The lowest BCUT2D eigenvalue weighted by Crippen LogP contribution is -2.07. The van der Waals surface area contributed by atoms with E-state index < -0.39 is 0 Å². The fourth-order valence-electron chi connectivity index (χ4n) is 2.40. The first-order valence-electron chi connectivity index (χ1n) is 8.60. The molecule has 6 nitrogen and oxygen atoms in total. The lowest BCUT2D eigenvalue weighted by atomic mass is 10.2. The van der Waals surface area contributed by atoms with Crippen LogP contribution in [-0.2, 0) is 10.5 Å². The molecule has 1 aromatic heterocycles. The second-order valence-electron chi connectivity index (χ2n) is 5.80. The molecule has 0 spiro atoms. The normalized spacial score (nSPS) is 10.9. The van der Waals surface area contributed by atoms with Crippen molar-refractivity contribution in [1.29, 1.82) is 0 Å². The molecule has 1 heterocycles. The number of anilines is 1. The van der Waals surface area contributed by atoms with Crippen LogP contribution >= 0.6 is 34.7 Å². The maximum Gasteiger partial charge on any atom is 0.250 e. The topological polar surface area (TPSA) is 73.3 Å². The predicted molar refractivity (Wildman–Crippen MR) is 118 cm³/mol. The number of nitrogens with zero attached hydrogens (tertiary/aromatic N) is 2. The van der Waals surface area contributed by atoms with Crippen LogP contribution in [0.15, 0.2) is 46.8 Å². The van der Waals surface area contributed by atoms with Gasteiger partial charge in [0, 0.05) is 22.4 Å². The SMILES string of the molecule is COc1ccc(/C=C/C(=O)Nc2nnc(SCc3c(F)cccc3Cl)s2)cc1OC. The third-order valence-corrected chi connectivity index (χ3v) is 6.23. The van der Waals surface area contributed by atoms with Crippen LogP contribution in [0.3, 0.4) is 0 Å². The highest BCUT2D eigenvalue weighted by Gasteiger charge is 2.11. The van der Waals surface area contributed by atoms with E-state index in [1.54, 1.807) is 50.6 Å². The number of ether oxygens (including phenoxy) is 2. The summed E-state index contributed by atoms with van der Waals surface area (Å²) in [4.78, 5) is 12.2. The smallest absolute Gasteiger partial charge is 0.250 e. The summed E-state index contributed by atoms with van der Waals surface area (Å²) in [7, 11) is 3.10. The van der Waals surface area contributed by atoms with Gasteiger partial charge in [-0.25, -0.2) is 4.39 Å². The van der Waals surface area contributed by atoms with Crippen molar-refractivity contribution in [2.24, 2.45) is 0 Å². The van der Waals surface area contributed by atoms with Gasteiger partial charge in [0.15, 0.2) is 15.8 Å². The Balaban J connectivity index is 1.58. The van der Waals surface area contributed by atoms with E-state index in [4.69, 9.17) is 21.1 Å². The van der Waals surface area contributed by atoms with Gasteiger partial charge in [-0.3, -0.25) is 10.1 Å². The molecule has 30 heavy (non-hydrogen) atoms. The number of benzene rings is 2. The summed E-state index contributed by atoms with van der Waals surface area (Å²) in [6.45, 7) is 0. The molecule has 0 atom stereocenters. The Morgan fingerprint density at radius 3 is 2.77 bits per heavy atom. The summed E-state index contributed by atoms with van der Waals surface area (Å²) in [5, 5.41) is 11.3. The van der Waals surface area contributed by atoms with Gasteiger partial charge in [-0.2, -0.15) is 0 Å². The van der Waals surface area contributed by atoms with Crippen molar-refractivity contribution < 1.29 is 18.7 Å². The Kier molecular flexibility index (Phi) is 7.67. The van der Waals surface area contributed by atoms with Gasteiger partial charge in [-0.15, -0.1) is 10.2 Å². The summed E-state index contributed by atoms with van der Waals surface area (Å²) in [5.41, 5.74) is 1.18. The van der Waals surface area contributed by atoms with Crippen molar-refractivity contribution >= 4 is 51.8 Å². The molecule has 0 saturated heterocycles. The summed E-state index contributed by atoms with van der Waals surface area (Å²) in [5.74, 6) is 0.770. The number of nitrogens with one attached hydrogen (secondary N) is 1. The lowest BCUT2D eigenvalue weighted by Gasteiger charge is -2.07. The number of carbonyl (C=O) groups is 1. The Hall–Kier alpha value is -2.62. The second kappa shape index (κ2) is 10.4. The lowest BCUT2D eigenvalue weighted by molar-refractivity contribution is -0.111. The van der Waals surface area contributed by atoms with E-state index in [1.807, 2.05) is 0 Å². The molecule has 2 aromatic carbocycles. The van der Waals surface area contributed by atoms with E-state index in [-0.39, 0.29) is 11.7 Å². The molecule has 3 aromatic rings. The van der Waals surface area contributed by atoms with E-state index in [0.717, 1.165) is 5.56 Å². The Bertz CT molecular complexity index is 1050. The van der Waals surface area contributed by atoms with Crippen LogP contribution in [0, 0.1) is 5.82 Å². The number of methoxy groups -OCH3 is 2. The van der Waals surface area contributed by atoms with Crippen molar-refractivity contribution in [3.63, 3.8) is 0 Å². The minimum atomic E-state index is -0.367. The maximum absolute atomic E-state index is 13.8. The highest BCUT2D eigenvalue weighted by molar-refractivity contribution is 8.00. The number of thioether (sulfide) groups is 1. The molecular formula is C20H17ClFN3O3S2. The molecular weight excluding hydrogens is 449 g/mol. The quantitative estimate of drug-likeness (QED) is 0.277. The zero-order chi connectivity index (χ0) is 21.5. The third-order valence-electron chi connectivity index (χ3n) is 3.87. The average Bonchev–Trinajstić information content (AvgIpc) is 3.18. The van der Waals surface area contributed by atoms with Gasteiger partial charge in [0.2, 0.25) is 11.0 Å². The number of hydrogen-bond acceptors (Lipinski definition) is 7. The van der Waals surface area contributed by atoms with Crippen molar-refractivity contribution in [2.45, 2.75) is 10.1 Å². The molecule has 0 saturated carbocycles. The van der Waals surface area contributed by atoms with E-state index in [1.165, 1.54) is 35.2 Å². The first-order valence-corrected chi connectivity index (χ1v) is 10.8. The molecule has 0 bridgehead atoms. The zero-order valence-electron chi connectivity index (χ0n) is 16.0. The molecule has 1 amide bonds. The highest BCUT2D eigenvalue weighted by atomic mass is 35.5. The number of aromatic nitrogens is 2. The standard InChI is InChI=1S/C20H17ClFN3O3S2/c1-27-16-8-6-12(10-17(16)28-2)7-9-18(26)23-19-24-25-20(30-19)29-11-13-14(21)4-3-5-15(13)22/h3-10H,11H2,1-2H3,(H,23,24,26)/b9-7+. The molecule has 10 heteroatoms. The van der Waals surface area contributed by atoms with E-state index in [2.05, 4.69) is 15.5 Å². The van der Waals surface area contributed by atoms with E-state index in [9.17, 15) is 9.18 Å². The van der Waals surface area contributed by atoms with Gasteiger partial charge in [-0.05, 0) is 35.9 Å². The number of hydrogen-bond donors (Lipinski definition) is 1. The van der Waals surface area contributed by atoms with Gasteiger partial charge >= 0.3 is 0 Å². The van der Waals surface area contributed by atoms with Crippen molar-refractivity contribution in [2.75, 3.05) is 19.5 Å². The number of halogens is 2. The summed E-state index contributed by atoms with van der Waals surface area (Å²) >= 11 is 8.52. The van der Waals surface area contributed by atoms with Gasteiger partial charge in [0.25, 0.3) is 0 Å². The summed E-state index contributed by atoms with van der Waals surface area (Å²) in [6.07, 6.45) is 3.03. The van der Waals surface area contributed by atoms with Gasteiger partial charge in [0.1, 0.15) is 5.82 Å². The largest absolute Gasteiger partial charge is 0.493 e. The van der Waals surface area contributed by atoms with Crippen LogP contribution in [0.25, 0.3) is 6.08 Å². The van der Waals surface area contributed by atoms with Gasteiger partial charge < -0.3 is 9.47 Å². The first kappa shape index (κ1) is 22.1. The number of amides is 1. The van der Waals surface area contributed by atoms with Crippen LogP contribution in [-0.4, -0.2) is 30.3 Å². The monoisotopic (exact) mass is 465 g/mol. The van der Waals surface area contributed by atoms with Crippen molar-refractivity contribution in [3.05, 3.63) is 64.4 Å². The van der Waals surface area contributed by atoms with Crippen molar-refractivity contribution in [3.8, 4) is 11.5 Å². The van der Waals surface area contributed by atoms with Crippen molar-refractivity contribution in [1.82, 2.24) is 10.2 Å². The minimum absolute atomic E-state index is 0.313. The molecule has 156 valence electrons. The second-order valence-corrected chi connectivity index (χ2v) is 8.41.